The van der Waals surface area contributed by atoms with Gasteiger partial charge in [0.15, 0.2) is 4.47 Å². The van der Waals surface area contributed by atoms with E-state index >= 15 is 0 Å². The lowest BCUT2D eigenvalue weighted by molar-refractivity contribution is -0.794. The van der Waals surface area contributed by atoms with E-state index in [0.29, 0.717) is 10.7 Å². The number of aromatic nitrogens is 1. The van der Waals surface area contributed by atoms with Gasteiger partial charge in [-0.05, 0) is 18.6 Å². The lowest BCUT2D eigenvalue weighted by atomic mass is 10.2. The van der Waals surface area contributed by atoms with E-state index in [1.54, 1.807) is 19.1 Å². The highest BCUT2D eigenvalue weighted by Gasteiger charge is 2.21. The van der Waals surface area contributed by atoms with Gasteiger partial charge in [0, 0.05) is 12.5 Å². The molecule has 88 valence electrons. The molecule has 16 heavy (non-hydrogen) atoms. The zero-order valence-electron chi connectivity index (χ0n) is 8.70. The van der Waals surface area contributed by atoms with E-state index in [-0.39, 0.29) is 0 Å². The summed E-state index contributed by atoms with van der Waals surface area (Å²) in [6.07, 6.45) is 2.74. The van der Waals surface area contributed by atoms with Crippen LogP contribution in [0, 0.1) is 4.91 Å². The predicted molar refractivity (Wildman–Crippen MR) is 59.6 cm³/mol. The van der Waals surface area contributed by atoms with E-state index in [2.05, 4.69) is 9.46 Å². The minimum Gasteiger partial charge on any atom is -0.244 e. The molecule has 1 aromatic heterocycles. The molecule has 0 aliphatic rings. The van der Waals surface area contributed by atoms with Gasteiger partial charge in [-0.25, -0.2) is 14.4 Å². The fraction of sp³-hybridized carbons (Fsp3) is 0.375. The first-order chi connectivity index (χ1) is 7.33. The van der Waals surface area contributed by atoms with Gasteiger partial charge in [-0.3, -0.25) is 0 Å². The molecule has 0 amide bonds. The van der Waals surface area contributed by atoms with E-state index in [4.69, 9.17) is 16.8 Å². The topological polar surface area (TPSA) is 82.6 Å². The third-order valence-corrected chi connectivity index (χ3v) is 4.38. The van der Waals surface area contributed by atoms with Crippen molar-refractivity contribution in [3.63, 3.8) is 0 Å². The van der Waals surface area contributed by atoms with Crippen molar-refractivity contribution in [3.05, 3.63) is 34.0 Å². The van der Waals surface area contributed by atoms with Gasteiger partial charge in [0.1, 0.15) is 19.8 Å². The van der Waals surface area contributed by atoms with Crippen LogP contribution >= 0.6 is 11.6 Å². The summed E-state index contributed by atoms with van der Waals surface area (Å²) < 4.78 is 15.1. The van der Waals surface area contributed by atoms with Crippen LogP contribution in [0.1, 0.15) is 17.7 Å². The van der Waals surface area contributed by atoms with Gasteiger partial charge >= 0.3 is 5.03 Å². The molecule has 0 fully saturated rings. The molecule has 6 nitrogen and oxygen atoms in total. The molecule has 0 radical (unpaired) electrons. The largest absolute Gasteiger partial charge is 0.396 e. The summed E-state index contributed by atoms with van der Waals surface area (Å²) in [4.78, 5) is 14.2. The SMILES string of the molecule is CC(c1ccc(Cl)nc1)S(C)(=O)=N[N+](=O)O. The summed E-state index contributed by atoms with van der Waals surface area (Å²) in [5.74, 6) is 0. The highest BCUT2D eigenvalue weighted by atomic mass is 35.5. The maximum absolute atomic E-state index is 12.0. The molecular formula is C8H11ClN3O3S+. The summed E-state index contributed by atoms with van der Waals surface area (Å²) in [5, 5.41) is 7.53. The first kappa shape index (κ1) is 12.9. The summed E-state index contributed by atoms with van der Waals surface area (Å²) >= 11 is 5.61. The third-order valence-electron chi connectivity index (χ3n) is 2.11. The van der Waals surface area contributed by atoms with Crippen molar-refractivity contribution in [1.29, 1.82) is 0 Å². The Morgan fingerprint density at radius 1 is 1.62 bits per heavy atom. The van der Waals surface area contributed by atoms with Crippen LogP contribution in [0.5, 0.6) is 0 Å². The Labute approximate surface area is 98.0 Å². The zero-order valence-corrected chi connectivity index (χ0v) is 10.3. The van der Waals surface area contributed by atoms with Gasteiger partial charge in [-0.1, -0.05) is 17.7 Å². The van der Waals surface area contributed by atoms with Crippen molar-refractivity contribution < 1.29 is 14.4 Å². The molecule has 0 aromatic carbocycles. The number of rotatable bonds is 3. The molecule has 8 heteroatoms. The molecule has 2 unspecified atom stereocenters. The summed E-state index contributed by atoms with van der Waals surface area (Å²) in [6, 6.07) is 3.20. The van der Waals surface area contributed by atoms with Gasteiger partial charge in [-0.2, -0.15) is 0 Å². The monoisotopic (exact) mass is 264 g/mol. The van der Waals surface area contributed by atoms with E-state index in [9.17, 15) is 9.12 Å². The van der Waals surface area contributed by atoms with Gasteiger partial charge < -0.3 is 0 Å². The lowest BCUT2D eigenvalue weighted by Gasteiger charge is -2.09. The Balaban J connectivity index is 3.12. The highest BCUT2D eigenvalue weighted by molar-refractivity contribution is 7.93. The fourth-order valence-electron chi connectivity index (χ4n) is 1.09. The smallest absolute Gasteiger partial charge is 0.244 e. The number of hydrogen-bond donors (Lipinski definition) is 1. The van der Waals surface area contributed by atoms with Gasteiger partial charge in [-0.15, -0.1) is 0 Å². The second-order valence-corrected chi connectivity index (χ2v) is 6.23. The van der Waals surface area contributed by atoms with Gasteiger partial charge in [0.05, 0.1) is 5.25 Å². The first-order valence-corrected chi connectivity index (χ1v) is 6.68. The Kier molecular flexibility index (Phi) is 3.82. The van der Waals surface area contributed by atoms with E-state index in [1.807, 2.05) is 0 Å². The Bertz CT molecular complexity index is 508. The molecule has 0 spiro atoms. The van der Waals surface area contributed by atoms with Crippen LogP contribution in [0.25, 0.3) is 0 Å². The van der Waals surface area contributed by atoms with Crippen molar-refractivity contribution in [2.24, 2.45) is 4.47 Å². The molecule has 1 heterocycles. The normalized spacial score (nSPS) is 16.2. The molecule has 1 rings (SSSR count). The fourth-order valence-corrected chi connectivity index (χ4v) is 2.26. The average molecular weight is 265 g/mol. The summed E-state index contributed by atoms with van der Waals surface area (Å²) in [7, 11) is -2.87. The number of nitrogens with zero attached hydrogens (tertiary/aromatic N) is 3. The summed E-state index contributed by atoms with van der Waals surface area (Å²) in [6.45, 7) is 1.63. The van der Waals surface area contributed by atoms with Crippen LogP contribution in [0.4, 0.5) is 0 Å². The molecular weight excluding hydrogens is 254 g/mol. The first-order valence-electron chi connectivity index (χ1n) is 4.31. The van der Waals surface area contributed by atoms with E-state index < -0.39 is 20.0 Å². The second-order valence-electron chi connectivity index (χ2n) is 3.25. The number of pyridine rings is 1. The molecule has 0 aliphatic heterocycles. The minimum absolute atomic E-state index is 0.322. The second kappa shape index (κ2) is 4.75. The van der Waals surface area contributed by atoms with Crippen LogP contribution in [-0.2, 0) is 9.73 Å². The molecule has 2 atom stereocenters. The van der Waals surface area contributed by atoms with Crippen molar-refractivity contribution in [2.45, 2.75) is 12.2 Å². The van der Waals surface area contributed by atoms with E-state index in [0.717, 1.165) is 0 Å². The van der Waals surface area contributed by atoms with Crippen molar-refractivity contribution >= 4 is 21.3 Å². The lowest BCUT2D eigenvalue weighted by Crippen LogP contribution is -2.10. The Morgan fingerprint density at radius 3 is 2.69 bits per heavy atom. The molecule has 0 bridgehead atoms. The van der Waals surface area contributed by atoms with Gasteiger partial charge in [0.2, 0.25) is 0 Å². The standard InChI is InChI=1S/C8H11ClN3O3S/c1-6(16(2,15)11-12(13)14)7-3-4-8(9)10-5-7/h3-6H,1-2H3,(H,13,14)/q+1. The number of halogens is 1. The van der Waals surface area contributed by atoms with Crippen LogP contribution in [-0.4, -0.2) is 25.7 Å². The highest BCUT2D eigenvalue weighted by Crippen LogP contribution is 2.22. The molecule has 1 N–H and O–H groups in total. The zero-order chi connectivity index (χ0) is 12.3. The molecule has 1 aromatic rings. The minimum atomic E-state index is -2.87. The third kappa shape index (κ3) is 3.14. The quantitative estimate of drug-likeness (QED) is 0.668. The molecule has 0 saturated carbocycles. The van der Waals surface area contributed by atoms with Crippen LogP contribution in [0.15, 0.2) is 22.8 Å². The van der Waals surface area contributed by atoms with Crippen LogP contribution < -0.4 is 0 Å². The molecule has 0 saturated heterocycles. The average Bonchev–Trinajstić information content (AvgIpc) is 2.16. The van der Waals surface area contributed by atoms with Crippen molar-refractivity contribution in [2.75, 3.05) is 6.26 Å². The maximum atomic E-state index is 12.0. The van der Waals surface area contributed by atoms with Gasteiger partial charge in [0.25, 0.3) is 0 Å². The summed E-state index contributed by atoms with van der Waals surface area (Å²) in [5.41, 5.74) is 0.627. The Morgan fingerprint density at radius 2 is 2.25 bits per heavy atom. The predicted octanol–water partition coefficient (Wildman–Crippen LogP) is 1.98. The van der Waals surface area contributed by atoms with Crippen molar-refractivity contribution in [3.8, 4) is 0 Å². The maximum Gasteiger partial charge on any atom is 0.396 e. The number of hydrogen-bond acceptors (Lipinski definition) is 3. The molecule has 0 aliphatic carbocycles. The van der Waals surface area contributed by atoms with Crippen LogP contribution in [0.2, 0.25) is 5.15 Å². The van der Waals surface area contributed by atoms with Crippen molar-refractivity contribution in [1.82, 2.24) is 4.98 Å². The van der Waals surface area contributed by atoms with E-state index in [1.165, 1.54) is 12.5 Å². The van der Waals surface area contributed by atoms with Crippen LogP contribution in [0.3, 0.4) is 0 Å². The Hall–Kier alpha value is -1.21.